The number of nitrogens with one attached hydrogen (secondary N) is 3. The summed E-state index contributed by atoms with van der Waals surface area (Å²) < 4.78 is 0. The summed E-state index contributed by atoms with van der Waals surface area (Å²) in [6.45, 7) is 7.01. The van der Waals surface area contributed by atoms with E-state index in [2.05, 4.69) is 16.0 Å². The molecule has 12 heteroatoms. The second-order valence-corrected chi connectivity index (χ2v) is 10.7. The lowest BCUT2D eigenvalue weighted by Gasteiger charge is -2.36. The first-order chi connectivity index (χ1) is 16.2. The van der Waals surface area contributed by atoms with Gasteiger partial charge in [0.1, 0.15) is 12.1 Å². The number of urea groups is 1. The van der Waals surface area contributed by atoms with Crippen molar-refractivity contribution in [3.8, 4) is 0 Å². The van der Waals surface area contributed by atoms with E-state index in [1.807, 2.05) is 6.92 Å². The third kappa shape index (κ3) is 7.40. The van der Waals surface area contributed by atoms with Crippen molar-refractivity contribution in [2.45, 2.75) is 77.9 Å². The second-order valence-electron chi connectivity index (χ2n) is 10.7. The molecule has 1 heterocycles. The van der Waals surface area contributed by atoms with Crippen molar-refractivity contribution >= 4 is 35.4 Å². The maximum Gasteiger partial charge on any atom is 0.315 e. The van der Waals surface area contributed by atoms with Gasteiger partial charge in [-0.25, -0.2) is 4.79 Å². The van der Waals surface area contributed by atoms with Crippen molar-refractivity contribution in [1.29, 1.82) is 0 Å². The number of Topliss-reactive ketones (excluding diaryl/α,β-unsaturated/α-hetero) is 1. The Morgan fingerprint density at radius 1 is 1.00 bits per heavy atom. The van der Waals surface area contributed by atoms with Crippen LogP contribution >= 0.6 is 0 Å². The van der Waals surface area contributed by atoms with E-state index in [0.29, 0.717) is 12.8 Å². The number of nitrogens with zero attached hydrogens (tertiary/aromatic N) is 1. The van der Waals surface area contributed by atoms with Gasteiger partial charge < -0.3 is 32.3 Å². The molecule has 4 atom stereocenters. The predicted octanol–water partition coefficient (Wildman–Crippen LogP) is -0.848. The summed E-state index contributed by atoms with van der Waals surface area (Å²) in [5, 5.41) is 7.55. The average Bonchev–Trinajstić information content (AvgIpc) is 3.11. The number of likely N-dealkylation sites (tertiary alicyclic amines) is 1. The monoisotopic (exact) mass is 494 g/mol. The molecular formula is C23H38N6O6. The topological polar surface area (TPSA) is 194 Å². The van der Waals surface area contributed by atoms with Crippen LogP contribution in [0.5, 0.6) is 0 Å². The number of ketones is 1. The predicted molar refractivity (Wildman–Crippen MR) is 126 cm³/mol. The van der Waals surface area contributed by atoms with E-state index in [-0.39, 0.29) is 24.9 Å². The van der Waals surface area contributed by atoms with Crippen molar-refractivity contribution in [3.63, 3.8) is 0 Å². The van der Waals surface area contributed by atoms with E-state index in [9.17, 15) is 28.8 Å². The molecule has 12 nitrogen and oxygen atoms in total. The molecule has 3 unspecified atom stereocenters. The van der Waals surface area contributed by atoms with Crippen LogP contribution in [0.2, 0.25) is 0 Å². The Morgan fingerprint density at radius 2 is 1.63 bits per heavy atom. The smallest absolute Gasteiger partial charge is 0.315 e. The molecule has 0 radical (unpaired) electrons. The largest absolute Gasteiger partial charge is 0.368 e. The zero-order valence-electron chi connectivity index (χ0n) is 20.9. The van der Waals surface area contributed by atoms with Gasteiger partial charge in [-0.3, -0.25) is 24.0 Å². The molecule has 0 spiro atoms. The fourth-order valence-electron chi connectivity index (χ4n) is 4.48. The number of nitrogens with two attached hydrogens (primary N) is 2. The van der Waals surface area contributed by atoms with Crippen molar-refractivity contribution in [2.24, 2.45) is 28.7 Å². The molecular weight excluding hydrogens is 456 g/mol. The number of carbonyl (C=O) groups is 6. The van der Waals surface area contributed by atoms with Gasteiger partial charge in [-0.1, -0.05) is 47.0 Å². The van der Waals surface area contributed by atoms with Gasteiger partial charge in [0.05, 0.1) is 12.6 Å². The number of amides is 6. The van der Waals surface area contributed by atoms with Crippen LogP contribution in [0.1, 0.15) is 59.8 Å². The third-order valence-corrected chi connectivity index (χ3v) is 6.73. The van der Waals surface area contributed by atoms with Gasteiger partial charge >= 0.3 is 6.03 Å². The van der Waals surface area contributed by atoms with E-state index >= 15 is 0 Å². The Bertz CT molecular complexity index is 865. The Hall–Kier alpha value is -3.18. The molecule has 35 heavy (non-hydrogen) atoms. The Labute approximate surface area is 205 Å². The molecule has 0 aromatic carbocycles. The summed E-state index contributed by atoms with van der Waals surface area (Å²) >= 11 is 0. The molecule has 1 saturated heterocycles. The number of primary amides is 2. The average molecular weight is 495 g/mol. The van der Waals surface area contributed by atoms with Crippen LogP contribution in [0.15, 0.2) is 0 Å². The summed E-state index contributed by atoms with van der Waals surface area (Å²) in [6.07, 6.45) is 3.74. The van der Waals surface area contributed by atoms with Gasteiger partial charge in [0.2, 0.25) is 23.5 Å². The van der Waals surface area contributed by atoms with Crippen LogP contribution in [0.25, 0.3) is 0 Å². The first kappa shape index (κ1) is 28.1. The van der Waals surface area contributed by atoms with Gasteiger partial charge in [0.15, 0.2) is 0 Å². The van der Waals surface area contributed by atoms with Crippen molar-refractivity contribution in [1.82, 2.24) is 20.9 Å². The number of rotatable bonds is 10. The lowest BCUT2D eigenvalue weighted by atomic mass is 9.80. The minimum atomic E-state index is -1.11. The van der Waals surface area contributed by atoms with Crippen LogP contribution in [0.3, 0.4) is 0 Å². The van der Waals surface area contributed by atoms with Crippen LogP contribution in [-0.2, 0) is 24.0 Å². The molecule has 2 fully saturated rings. The summed E-state index contributed by atoms with van der Waals surface area (Å²) in [4.78, 5) is 75.4. The molecule has 0 aromatic rings. The van der Waals surface area contributed by atoms with E-state index in [0.717, 1.165) is 19.3 Å². The minimum absolute atomic E-state index is 0.212. The van der Waals surface area contributed by atoms with E-state index in [1.54, 1.807) is 20.8 Å². The third-order valence-electron chi connectivity index (χ3n) is 6.73. The van der Waals surface area contributed by atoms with Gasteiger partial charge in [-0.2, -0.15) is 0 Å². The molecule has 2 aliphatic rings. The van der Waals surface area contributed by atoms with Gasteiger partial charge in [-0.05, 0) is 30.1 Å². The molecule has 7 N–H and O–H groups in total. The quantitative estimate of drug-likeness (QED) is 0.245. The first-order valence-electron chi connectivity index (χ1n) is 12.0. The molecule has 1 aliphatic heterocycles. The fourth-order valence-corrected chi connectivity index (χ4v) is 4.48. The van der Waals surface area contributed by atoms with E-state index < -0.39 is 59.0 Å². The number of hydrogen-bond donors (Lipinski definition) is 5. The minimum Gasteiger partial charge on any atom is -0.368 e. The molecule has 0 bridgehead atoms. The number of hydrogen-bond acceptors (Lipinski definition) is 6. The Kier molecular flexibility index (Phi) is 9.22. The highest BCUT2D eigenvalue weighted by Gasteiger charge is 2.45. The first-order valence-corrected chi connectivity index (χ1v) is 12.0. The Morgan fingerprint density at radius 3 is 2.11 bits per heavy atom. The van der Waals surface area contributed by atoms with Crippen LogP contribution in [0.4, 0.5) is 4.79 Å². The summed E-state index contributed by atoms with van der Waals surface area (Å²) in [5.74, 6) is -3.67. The SMILES string of the molecule is CC1CCN(C(=O)C(NC(=O)NCC(N)=O)C(C)(C)C)[C@@H]1C(=O)NC(CC1CCC1)C(=O)C(N)=O. The number of carbonyl (C=O) groups excluding carboxylic acids is 6. The highest BCUT2D eigenvalue weighted by Crippen LogP contribution is 2.32. The molecule has 1 aliphatic carbocycles. The highest BCUT2D eigenvalue weighted by atomic mass is 16.2. The molecule has 6 amide bonds. The lowest BCUT2D eigenvalue weighted by Crippen LogP contribution is -2.61. The van der Waals surface area contributed by atoms with Crippen molar-refractivity contribution < 1.29 is 28.8 Å². The highest BCUT2D eigenvalue weighted by molar-refractivity contribution is 6.37. The summed E-state index contributed by atoms with van der Waals surface area (Å²) in [5.41, 5.74) is 9.53. The molecule has 0 aromatic heterocycles. The van der Waals surface area contributed by atoms with Crippen LogP contribution in [-0.4, -0.2) is 71.6 Å². The van der Waals surface area contributed by atoms with Gasteiger partial charge in [0, 0.05) is 6.54 Å². The molecule has 196 valence electrons. The lowest BCUT2D eigenvalue weighted by molar-refractivity contribution is -0.144. The van der Waals surface area contributed by atoms with Crippen LogP contribution < -0.4 is 27.4 Å². The molecule has 1 saturated carbocycles. The van der Waals surface area contributed by atoms with Crippen molar-refractivity contribution in [2.75, 3.05) is 13.1 Å². The zero-order valence-corrected chi connectivity index (χ0v) is 20.9. The second kappa shape index (κ2) is 11.5. The normalized spacial score (nSPS) is 21.9. The maximum atomic E-state index is 13.6. The molecule has 2 rings (SSSR count). The van der Waals surface area contributed by atoms with E-state index in [4.69, 9.17) is 11.5 Å². The van der Waals surface area contributed by atoms with Gasteiger partial charge in [0.25, 0.3) is 5.91 Å². The van der Waals surface area contributed by atoms with Gasteiger partial charge in [-0.15, -0.1) is 0 Å². The van der Waals surface area contributed by atoms with E-state index in [1.165, 1.54) is 4.90 Å². The Balaban J connectivity index is 2.19. The standard InChI is InChI=1S/C23H38N6O6/c1-12-8-9-29(21(34)18(23(2,3)4)28-22(35)26-11-15(24)30)16(12)20(33)27-14(17(31)19(25)32)10-13-6-5-7-13/h12-14,16,18H,5-11H2,1-4H3,(H2,24,30)(H2,25,32)(H,27,33)(H2,26,28,35)/t12?,14?,16-,18?/m0/s1. The zero-order chi connectivity index (χ0) is 26.5. The van der Waals surface area contributed by atoms with Crippen LogP contribution in [0, 0.1) is 17.3 Å². The fraction of sp³-hybridized carbons (Fsp3) is 0.739. The van der Waals surface area contributed by atoms with Crippen molar-refractivity contribution in [3.05, 3.63) is 0 Å². The summed E-state index contributed by atoms with van der Waals surface area (Å²) in [6, 6.07) is -3.66. The summed E-state index contributed by atoms with van der Waals surface area (Å²) in [7, 11) is 0. The maximum absolute atomic E-state index is 13.6.